The van der Waals surface area contributed by atoms with E-state index in [4.69, 9.17) is 4.74 Å². The first-order valence-corrected chi connectivity index (χ1v) is 11.2. The molecule has 0 spiro atoms. The predicted octanol–water partition coefficient (Wildman–Crippen LogP) is 3.20. The van der Waals surface area contributed by atoms with Gasteiger partial charge in [-0.05, 0) is 42.7 Å². The number of piperazine rings is 1. The van der Waals surface area contributed by atoms with Gasteiger partial charge in [-0.3, -0.25) is 14.2 Å². The lowest BCUT2D eigenvalue weighted by atomic mass is 10.1. The van der Waals surface area contributed by atoms with Gasteiger partial charge in [-0.25, -0.2) is 4.98 Å². The fourth-order valence-electron chi connectivity index (χ4n) is 3.66. The SMILES string of the molecule is COc1cccc(C(=O)N2CCN(C(=O)c3cccc(-n4ccnc4SC)c3)CC2)c1. The lowest BCUT2D eigenvalue weighted by molar-refractivity contribution is 0.0535. The summed E-state index contributed by atoms with van der Waals surface area (Å²) >= 11 is 1.55. The highest BCUT2D eigenvalue weighted by atomic mass is 32.2. The van der Waals surface area contributed by atoms with Crippen molar-refractivity contribution in [3.05, 3.63) is 72.1 Å². The highest BCUT2D eigenvalue weighted by Gasteiger charge is 2.26. The summed E-state index contributed by atoms with van der Waals surface area (Å²) in [6, 6.07) is 14.7. The molecule has 4 rings (SSSR count). The van der Waals surface area contributed by atoms with E-state index in [1.807, 2.05) is 53.4 Å². The zero-order valence-electron chi connectivity index (χ0n) is 17.5. The van der Waals surface area contributed by atoms with Gasteiger partial charge in [-0.15, -0.1) is 0 Å². The molecule has 0 bridgehead atoms. The fourth-order valence-corrected chi connectivity index (χ4v) is 4.19. The Kier molecular flexibility index (Phi) is 6.27. The van der Waals surface area contributed by atoms with Crippen LogP contribution in [0.1, 0.15) is 20.7 Å². The van der Waals surface area contributed by atoms with E-state index in [-0.39, 0.29) is 11.8 Å². The normalized spacial score (nSPS) is 13.9. The average Bonchev–Trinajstić information content (AvgIpc) is 3.32. The van der Waals surface area contributed by atoms with Crippen LogP contribution in [0, 0.1) is 0 Å². The van der Waals surface area contributed by atoms with Crippen LogP contribution in [0.5, 0.6) is 5.75 Å². The average molecular weight is 437 g/mol. The molecule has 0 aliphatic carbocycles. The maximum absolute atomic E-state index is 13.1. The number of benzene rings is 2. The van der Waals surface area contributed by atoms with Gasteiger partial charge in [-0.2, -0.15) is 0 Å². The van der Waals surface area contributed by atoms with Crippen LogP contribution in [0.4, 0.5) is 0 Å². The Morgan fingerprint density at radius 3 is 2.16 bits per heavy atom. The summed E-state index contributed by atoms with van der Waals surface area (Å²) in [5.74, 6) is 0.584. The van der Waals surface area contributed by atoms with E-state index in [0.717, 1.165) is 10.8 Å². The summed E-state index contributed by atoms with van der Waals surface area (Å²) < 4.78 is 7.17. The minimum absolute atomic E-state index is 0.0267. The number of carbonyl (C=O) groups excluding carboxylic acids is 2. The third-order valence-electron chi connectivity index (χ3n) is 5.33. The van der Waals surface area contributed by atoms with Crippen LogP contribution < -0.4 is 4.74 Å². The van der Waals surface area contributed by atoms with E-state index in [1.54, 1.807) is 47.0 Å². The zero-order chi connectivity index (χ0) is 21.8. The third kappa shape index (κ3) is 4.44. The van der Waals surface area contributed by atoms with E-state index in [2.05, 4.69) is 4.98 Å². The Bertz CT molecular complexity index is 1090. The first-order chi connectivity index (χ1) is 15.1. The second-order valence-electron chi connectivity index (χ2n) is 7.15. The number of imidazole rings is 1. The number of rotatable bonds is 5. The number of nitrogens with zero attached hydrogens (tertiary/aromatic N) is 4. The van der Waals surface area contributed by atoms with Crippen LogP contribution >= 0.6 is 11.8 Å². The molecule has 1 saturated heterocycles. The molecule has 0 N–H and O–H groups in total. The summed E-state index contributed by atoms with van der Waals surface area (Å²) in [6.45, 7) is 2.00. The first kappa shape index (κ1) is 21.0. The second kappa shape index (κ2) is 9.26. The van der Waals surface area contributed by atoms with Crippen molar-refractivity contribution in [3.8, 4) is 11.4 Å². The number of amides is 2. The summed E-state index contributed by atoms with van der Waals surface area (Å²) in [6.07, 6.45) is 5.61. The number of ether oxygens (including phenoxy) is 1. The van der Waals surface area contributed by atoms with Gasteiger partial charge in [0.1, 0.15) is 5.75 Å². The highest BCUT2D eigenvalue weighted by Crippen LogP contribution is 2.20. The molecule has 1 aliphatic heterocycles. The number of hydrogen-bond donors (Lipinski definition) is 0. The van der Waals surface area contributed by atoms with Crippen LogP contribution in [0.3, 0.4) is 0 Å². The minimum atomic E-state index is -0.0438. The molecular weight excluding hydrogens is 412 g/mol. The summed E-state index contributed by atoms with van der Waals surface area (Å²) in [5.41, 5.74) is 2.13. The van der Waals surface area contributed by atoms with E-state index < -0.39 is 0 Å². The molecule has 160 valence electrons. The molecule has 3 aromatic rings. The maximum atomic E-state index is 13.1. The van der Waals surface area contributed by atoms with E-state index in [9.17, 15) is 9.59 Å². The highest BCUT2D eigenvalue weighted by molar-refractivity contribution is 7.98. The van der Waals surface area contributed by atoms with Gasteiger partial charge in [0.2, 0.25) is 0 Å². The molecular formula is C23H24N4O3S. The van der Waals surface area contributed by atoms with E-state index in [0.29, 0.717) is 43.1 Å². The first-order valence-electron chi connectivity index (χ1n) is 10.0. The summed E-state index contributed by atoms with van der Waals surface area (Å²) in [5, 5.41) is 0.870. The Labute approximate surface area is 185 Å². The van der Waals surface area contributed by atoms with Gasteiger partial charge in [0, 0.05) is 55.4 Å². The monoisotopic (exact) mass is 436 g/mol. The van der Waals surface area contributed by atoms with Crippen molar-refractivity contribution >= 4 is 23.6 Å². The minimum Gasteiger partial charge on any atom is -0.497 e. The van der Waals surface area contributed by atoms with Crippen LogP contribution in [0.25, 0.3) is 5.69 Å². The van der Waals surface area contributed by atoms with Gasteiger partial charge >= 0.3 is 0 Å². The van der Waals surface area contributed by atoms with Crippen molar-refractivity contribution in [1.29, 1.82) is 0 Å². The number of thioether (sulfide) groups is 1. The van der Waals surface area contributed by atoms with Crippen LogP contribution in [-0.4, -0.2) is 70.7 Å². The Morgan fingerprint density at radius 1 is 0.935 bits per heavy atom. The molecule has 1 aromatic heterocycles. The predicted molar refractivity (Wildman–Crippen MR) is 120 cm³/mol. The standard InChI is InChI=1S/C23H24N4O3S/c1-30-20-8-4-6-18(16-20)22(29)26-13-11-25(12-14-26)21(28)17-5-3-7-19(15-17)27-10-9-24-23(27)31-2/h3-10,15-16H,11-14H2,1-2H3. The lowest BCUT2D eigenvalue weighted by Gasteiger charge is -2.35. The topological polar surface area (TPSA) is 67.7 Å². The second-order valence-corrected chi connectivity index (χ2v) is 7.92. The molecule has 0 unspecified atom stereocenters. The summed E-state index contributed by atoms with van der Waals surface area (Å²) in [4.78, 5) is 33.8. The summed E-state index contributed by atoms with van der Waals surface area (Å²) in [7, 11) is 1.58. The van der Waals surface area contributed by atoms with Gasteiger partial charge in [0.05, 0.1) is 7.11 Å². The Balaban J connectivity index is 1.43. The molecule has 2 heterocycles. The van der Waals surface area contributed by atoms with Gasteiger partial charge < -0.3 is 14.5 Å². The van der Waals surface area contributed by atoms with Crippen LogP contribution in [-0.2, 0) is 0 Å². The quantitative estimate of drug-likeness (QED) is 0.575. The molecule has 8 heteroatoms. The zero-order valence-corrected chi connectivity index (χ0v) is 18.3. The number of hydrogen-bond acceptors (Lipinski definition) is 5. The third-order valence-corrected chi connectivity index (χ3v) is 6.00. The smallest absolute Gasteiger partial charge is 0.254 e. The van der Waals surface area contributed by atoms with Gasteiger partial charge in [0.15, 0.2) is 5.16 Å². The van der Waals surface area contributed by atoms with Gasteiger partial charge in [0.25, 0.3) is 11.8 Å². The maximum Gasteiger partial charge on any atom is 0.254 e. The van der Waals surface area contributed by atoms with Crippen molar-refractivity contribution in [2.75, 3.05) is 39.5 Å². The molecule has 1 fully saturated rings. The Morgan fingerprint density at radius 2 is 1.55 bits per heavy atom. The molecule has 31 heavy (non-hydrogen) atoms. The van der Waals surface area contributed by atoms with Crippen molar-refractivity contribution in [2.45, 2.75) is 5.16 Å². The number of aromatic nitrogens is 2. The van der Waals surface area contributed by atoms with Crippen molar-refractivity contribution < 1.29 is 14.3 Å². The molecule has 0 radical (unpaired) electrons. The van der Waals surface area contributed by atoms with E-state index >= 15 is 0 Å². The molecule has 1 aliphatic rings. The molecule has 0 atom stereocenters. The fraction of sp³-hybridized carbons (Fsp3) is 0.261. The van der Waals surface area contributed by atoms with Crippen molar-refractivity contribution in [2.24, 2.45) is 0 Å². The van der Waals surface area contributed by atoms with E-state index in [1.165, 1.54) is 0 Å². The van der Waals surface area contributed by atoms with Crippen molar-refractivity contribution in [1.82, 2.24) is 19.4 Å². The number of carbonyl (C=O) groups is 2. The molecule has 2 amide bonds. The lowest BCUT2D eigenvalue weighted by Crippen LogP contribution is -2.50. The number of methoxy groups -OCH3 is 1. The largest absolute Gasteiger partial charge is 0.497 e. The molecule has 0 saturated carbocycles. The van der Waals surface area contributed by atoms with Gasteiger partial charge in [-0.1, -0.05) is 23.9 Å². The molecule has 2 aromatic carbocycles. The Hall–Kier alpha value is -3.26. The van der Waals surface area contributed by atoms with Crippen molar-refractivity contribution in [3.63, 3.8) is 0 Å². The van der Waals surface area contributed by atoms with Crippen LogP contribution in [0.2, 0.25) is 0 Å². The van der Waals surface area contributed by atoms with Crippen LogP contribution in [0.15, 0.2) is 66.1 Å². The molecule has 7 nitrogen and oxygen atoms in total.